The van der Waals surface area contributed by atoms with Crippen LogP contribution in [0.1, 0.15) is 22.8 Å². The van der Waals surface area contributed by atoms with Crippen LogP contribution < -0.4 is 4.74 Å². The van der Waals surface area contributed by atoms with Crippen molar-refractivity contribution in [2.45, 2.75) is 13.3 Å². The summed E-state index contributed by atoms with van der Waals surface area (Å²) in [5, 5.41) is 0. The zero-order chi connectivity index (χ0) is 13.7. The summed E-state index contributed by atoms with van der Waals surface area (Å²) in [6, 6.07) is 8.10. The standard InChI is InChI=1S/C15H14FNO2/c1-11(18)14-3-2-13(10-15(14)16)19-9-6-12-4-7-17-8-5-12/h2-5,7-8,10H,6,9H2,1H3. The van der Waals surface area contributed by atoms with E-state index in [1.54, 1.807) is 18.5 Å². The number of carbonyl (C=O) groups is 1. The molecule has 4 heteroatoms. The molecule has 1 aromatic heterocycles. The number of benzene rings is 1. The van der Waals surface area contributed by atoms with Gasteiger partial charge in [0.2, 0.25) is 0 Å². The third-order valence-corrected chi connectivity index (χ3v) is 2.73. The Morgan fingerprint density at radius 3 is 2.63 bits per heavy atom. The van der Waals surface area contributed by atoms with Crippen LogP contribution in [0.25, 0.3) is 0 Å². The van der Waals surface area contributed by atoms with E-state index in [4.69, 9.17) is 4.74 Å². The van der Waals surface area contributed by atoms with Crippen LogP contribution in [-0.2, 0) is 6.42 Å². The lowest BCUT2D eigenvalue weighted by Gasteiger charge is -2.07. The summed E-state index contributed by atoms with van der Waals surface area (Å²) in [7, 11) is 0. The number of hydrogen-bond donors (Lipinski definition) is 0. The summed E-state index contributed by atoms with van der Waals surface area (Å²) in [5.74, 6) is -0.411. The van der Waals surface area contributed by atoms with E-state index in [0.717, 1.165) is 12.0 Å². The van der Waals surface area contributed by atoms with E-state index in [-0.39, 0.29) is 11.3 Å². The van der Waals surface area contributed by atoms with Gasteiger partial charge in [0.05, 0.1) is 12.2 Å². The predicted octanol–water partition coefficient (Wildman–Crippen LogP) is 3.04. The molecule has 1 heterocycles. The maximum Gasteiger partial charge on any atom is 0.162 e. The molecule has 0 amide bonds. The zero-order valence-corrected chi connectivity index (χ0v) is 10.6. The van der Waals surface area contributed by atoms with Gasteiger partial charge in [-0.3, -0.25) is 9.78 Å². The summed E-state index contributed by atoms with van der Waals surface area (Å²) in [6.45, 7) is 1.78. The lowest BCUT2D eigenvalue weighted by atomic mass is 10.1. The van der Waals surface area contributed by atoms with E-state index in [1.165, 1.54) is 19.1 Å². The van der Waals surface area contributed by atoms with Crippen molar-refractivity contribution in [3.8, 4) is 5.75 Å². The SMILES string of the molecule is CC(=O)c1ccc(OCCc2ccncc2)cc1F. The summed E-state index contributed by atoms with van der Waals surface area (Å²) >= 11 is 0. The predicted molar refractivity (Wildman–Crippen MR) is 69.8 cm³/mol. The van der Waals surface area contributed by atoms with Crippen LogP contribution in [0.5, 0.6) is 5.75 Å². The van der Waals surface area contributed by atoms with Crippen molar-refractivity contribution in [1.29, 1.82) is 0 Å². The molecule has 98 valence electrons. The van der Waals surface area contributed by atoms with Gasteiger partial charge in [-0.1, -0.05) is 0 Å². The maximum atomic E-state index is 13.5. The largest absolute Gasteiger partial charge is 0.493 e. The van der Waals surface area contributed by atoms with Gasteiger partial charge in [0.1, 0.15) is 11.6 Å². The molecule has 0 fully saturated rings. The number of nitrogens with zero attached hydrogens (tertiary/aromatic N) is 1. The fourth-order valence-electron chi connectivity index (χ4n) is 1.71. The highest BCUT2D eigenvalue weighted by atomic mass is 19.1. The number of rotatable bonds is 5. The Balaban J connectivity index is 1.93. The number of carbonyl (C=O) groups excluding carboxylic acids is 1. The average molecular weight is 259 g/mol. The van der Waals surface area contributed by atoms with E-state index in [9.17, 15) is 9.18 Å². The van der Waals surface area contributed by atoms with Gasteiger partial charge in [0.25, 0.3) is 0 Å². The molecule has 0 bridgehead atoms. The highest BCUT2D eigenvalue weighted by molar-refractivity contribution is 5.94. The topological polar surface area (TPSA) is 39.2 Å². The number of halogens is 1. The van der Waals surface area contributed by atoms with Crippen molar-refractivity contribution in [3.63, 3.8) is 0 Å². The second-order valence-corrected chi connectivity index (χ2v) is 4.15. The Labute approximate surface area is 111 Å². The molecular weight excluding hydrogens is 245 g/mol. The van der Waals surface area contributed by atoms with Crippen LogP contribution in [0.4, 0.5) is 4.39 Å². The Kier molecular flexibility index (Phi) is 4.23. The second kappa shape index (κ2) is 6.09. The van der Waals surface area contributed by atoms with Gasteiger partial charge < -0.3 is 4.74 Å². The fraction of sp³-hybridized carbons (Fsp3) is 0.200. The quantitative estimate of drug-likeness (QED) is 0.775. The molecule has 2 rings (SSSR count). The average Bonchev–Trinajstić information content (AvgIpc) is 2.39. The van der Waals surface area contributed by atoms with Crippen molar-refractivity contribution in [1.82, 2.24) is 4.98 Å². The Morgan fingerprint density at radius 1 is 1.26 bits per heavy atom. The van der Waals surface area contributed by atoms with E-state index >= 15 is 0 Å². The van der Waals surface area contributed by atoms with Gasteiger partial charge in [-0.2, -0.15) is 0 Å². The Morgan fingerprint density at radius 2 is 2.00 bits per heavy atom. The molecule has 0 saturated heterocycles. The molecule has 0 radical (unpaired) electrons. The zero-order valence-electron chi connectivity index (χ0n) is 10.6. The summed E-state index contributed by atoms with van der Waals surface area (Å²) < 4.78 is 19.0. The van der Waals surface area contributed by atoms with E-state index in [1.807, 2.05) is 12.1 Å². The first-order valence-electron chi connectivity index (χ1n) is 5.99. The van der Waals surface area contributed by atoms with Gasteiger partial charge in [-0.25, -0.2) is 4.39 Å². The number of ether oxygens (including phenoxy) is 1. The van der Waals surface area contributed by atoms with Crippen LogP contribution in [0.2, 0.25) is 0 Å². The van der Waals surface area contributed by atoms with Crippen molar-refractivity contribution in [2.75, 3.05) is 6.61 Å². The van der Waals surface area contributed by atoms with Gasteiger partial charge in [0.15, 0.2) is 5.78 Å². The van der Waals surface area contributed by atoms with Crippen LogP contribution >= 0.6 is 0 Å². The van der Waals surface area contributed by atoms with Gasteiger partial charge in [-0.15, -0.1) is 0 Å². The molecule has 1 aromatic carbocycles. The molecule has 0 spiro atoms. The molecule has 0 atom stereocenters. The molecule has 0 N–H and O–H groups in total. The molecule has 0 saturated carbocycles. The van der Waals surface area contributed by atoms with Gasteiger partial charge in [-0.05, 0) is 36.8 Å². The molecule has 0 aliphatic heterocycles. The molecule has 3 nitrogen and oxygen atoms in total. The number of ketones is 1. The van der Waals surface area contributed by atoms with E-state index in [0.29, 0.717) is 12.4 Å². The number of hydrogen-bond acceptors (Lipinski definition) is 3. The minimum absolute atomic E-state index is 0.0847. The molecule has 0 aliphatic rings. The lowest BCUT2D eigenvalue weighted by molar-refractivity contribution is 0.101. The lowest BCUT2D eigenvalue weighted by Crippen LogP contribution is -2.03. The first-order valence-corrected chi connectivity index (χ1v) is 5.99. The Bertz CT molecular complexity index is 570. The highest BCUT2D eigenvalue weighted by Crippen LogP contribution is 2.17. The highest BCUT2D eigenvalue weighted by Gasteiger charge is 2.08. The van der Waals surface area contributed by atoms with Crippen molar-refractivity contribution in [2.24, 2.45) is 0 Å². The van der Waals surface area contributed by atoms with Gasteiger partial charge >= 0.3 is 0 Å². The summed E-state index contributed by atoms with van der Waals surface area (Å²) in [6.07, 6.45) is 4.16. The third kappa shape index (κ3) is 3.61. The third-order valence-electron chi connectivity index (χ3n) is 2.73. The first-order chi connectivity index (χ1) is 9.16. The van der Waals surface area contributed by atoms with Crippen LogP contribution in [0.15, 0.2) is 42.7 Å². The van der Waals surface area contributed by atoms with E-state index in [2.05, 4.69) is 4.98 Å². The molecule has 0 unspecified atom stereocenters. The number of aromatic nitrogens is 1. The summed E-state index contributed by atoms with van der Waals surface area (Å²) in [4.78, 5) is 15.0. The number of Topliss-reactive ketones (excluding diaryl/α,β-unsaturated/α-hetero) is 1. The molecule has 2 aromatic rings. The monoisotopic (exact) mass is 259 g/mol. The van der Waals surface area contributed by atoms with Crippen molar-refractivity contribution < 1.29 is 13.9 Å². The second-order valence-electron chi connectivity index (χ2n) is 4.15. The molecule has 19 heavy (non-hydrogen) atoms. The van der Waals surface area contributed by atoms with Crippen molar-refractivity contribution in [3.05, 3.63) is 59.7 Å². The minimum atomic E-state index is -0.547. The fourth-order valence-corrected chi connectivity index (χ4v) is 1.71. The minimum Gasteiger partial charge on any atom is -0.493 e. The van der Waals surface area contributed by atoms with Crippen LogP contribution in [-0.4, -0.2) is 17.4 Å². The first kappa shape index (κ1) is 13.2. The van der Waals surface area contributed by atoms with Crippen molar-refractivity contribution >= 4 is 5.78 Å². The van der Waals surface area contributed by atoms with Crippen LogP contribution in [0.3, 0.4) is 0 Å². The van der Waals surface area contributed by atoms with Crippen LogP contribution in [0, 0.1) is 5.82 Å². The Hall–Kier alpha value is -2.23. The number of pyridine rings is 1. The molecule has 0 aliphatic carbocycles. The van der Waals surface area contributed by atoms with Gasteiger partial charge in [0, 0.05) is 24.9 Å². The van der Waals surface area contributed by atoms with E-state index < -0.39 is 5.82 Å². The maximum absolute atomic E-state index is 13.5. The molecular formula is C15H14FNO2. The normalized spacial score (nSPS) is 10.2. The summed E-state index contributed by atoms with van der Waals surface area (Å²) in [5.41, 5.74) is 1.19. The smallest absolute Gasteiger partial charge is 0.162 e.